The highest BCUT2D eigenvalue weighted by Gasteiger charge is 2.12. The number of pyridine rings is 1. The van der Waals surface area contributed by atoms with Gasteiger partial charge < -0.3 is 4.90 Å². The molecule has 96 valence electrons. The summed E-state index contributed by atoms with van der Waals surface area (Å²) in [6, 6.07) is 3.12. The summed E-state index contributed by atoms with van der Waals surface area (Å²) >= 11 is 3.14. The van der Waals surface area contributed by atoms with Crippen LogP contribution in [-0.2, 0) is 0 Å². The minimum absolute atomic E-state index is 0.168. The summed E-state index contributed by atoms with van der Waals surface area (Å²) in [5, 5.41) is 9.23. The van der Waals surface area contributed by atoms with Crippen LogP contribution in [0.2, 0.25) is 0 Å². The van der Waals surface area contributed by atoms with E-state index in [0.717, 1.165) is 15.0 Å². The normalized spacial score (nSPS) is 12.4. The van der Waals surface area contributed by atoms with Crippen molar-refractivity contribution in [1.29, 1.82) is 0 Å². The Hall–Kier alpha value is -1.21. The molecule has 2 aromatic heterocycles. The van der Waals surface area contributed by atoms with Crippen molar-refractivity contribution in [2.75, 3.05) is 19.0 Å². The van der Waals surface area contributed by atoms with Crippen molar-refractivity contribution in [1.82, 2.24) is 15.2 Å². The van der Waals surface area contributed by atoms with Crippen molar-refractivity contribution >= 4 is 28.2 Å². The van der Waals surface area contributed by atoms with E-state index in [9.17, 15) is 4.39 Å². The molecule has 0 aliphatic heterocycles. The summed E-state index contributed by atoms with van der Waals surface area (Å²) in [6.07, 6.45) is 1.56. The Morgan fingerprint density at radius 1 is 1.33 bits per heavy atom. The minimum Gasteiger partial charge on any atom is -0.353 e. The quantitative estimate of drug-likeness (QED) is 0.638. The van der Waals surface area contributed by atoms with Crippen molar-refractivity contribution in [3.05, 3.63) is 29.8 Å². The molecule has 0 bridgehead atoms. The summed E-state index contributed by atoms with van der Waals surface area (Å²) in [6.45, 7) is 2.04. The van der Waals surface area contributed by atoms with Crippen molar-refractivity contribution in [3.63, 3.8) is 0 Å². The van der Waals surface area contributed by atoms with E-state index in [4.69, 9.17) is 0 Å². The van der Waals surface area contributed by atoms with Gasteiger partial charge in [0.1, 0.15) is 0 Å². The second-order valence-electron chi connectivity index (χ2n) is 3.92. The third-order valence-electron chi connectivity index (χ3n) is 2.28. The topological polar surface area (TPSA) is 41.9 Å². The molecule has 0 fully saturated rings. The Morgan fingerprint density at radius 3 is 2.67 bits per heavy atom. The van der Waals surface area contributed by atoms with Gasteiger partial charge in [0.15, 0.2) is 4.34 Å². The lowest BCUT2D eigenvalue weighted by Crippen LogP contribution is -2.07. The Balaban J connectivity index is 2.06. The van der Waals surface area contributed by atoms with E-state index >= 15 is 0 Å². The molecule has 1 unspecified atom stereocenters. The number of hydrogen-bond donors (Lipinski definition) is 0. The van der Waals surface area contributed by atoms with Gasteiger partial charge in [-0.25, -0.2) is 4.98 Å². The van der Waals surface area contributed by atoms with Gasteiger partial charge in [0.2, 0.25) is 11.1 Å². The SMILES string of the molecule is CC(Sc1nnc(N(C)C)s1)c1ccc(F)nc1. The Bertz CT molecular complexity index is 512. The average molecular weight is 284 g/mol. The number of aromatic nitrogens is 3. The molecule has 0 saturated carbocycles. The molecule has 2 heterocycles. The molecule has 7 heteroatoms. The van der Waals surface area contributed by atoms with Gasteiger partial charge in [0.25, 0.3) is 0 Å². The molecule has 0 aliphatic rings. The van der Waals surface area contributed by atoms with Gasteiger partial charge in [0, 0.05) is 25.5 Å². The maximum Gasteiger partial charge on any atom is 0.212 e. The summed E-state index contributed by atoms with van der Waals surface area (Å²) in [5.74, 6) is -0.457. The number of anilines is 1. The zero-order valence-corrected chi connectivity index (χ0v) is 11.9. The van der Waals surface area contributed by atoms with Gasteiger partial charge in [0.05, 0.1) is 0 Å². The molecular weight excluding hydrogens is 271 g/mol. The van der Waals surface area contributed by atoms with Crippen LogP contribution in [0.25, 0.3) is 0 Å². The van der Waals surface area contributed by atoms with E-state index in [2.05, 4.69) is 15.2 Å². The van der Waals surface area contributed by atoms with Gasteiger partial charge in [-0.05, 0) is 18.6 Å². The van der Waals surface area contributed by atoms with Crippen molar-refractivity contribution in [2.24, 2.45) is 0 Å². The van der Waals surface area contributed by atoms with E-state index in [0.29, 0.717) is 0 Å². The summed E-state index contributed by atoms with van der Waals surface area (Å²) in [5.41, 5.74) is 0.975. The summed E-state index contributed by atoms with van der Waals surface area (Å²) < 4.78 is 13.6. The molecule has 0 N–H and O–H groups in total. The lowest BCUT2D eigenvalue weighted by atomic mass is 10.2. The molecule has 4 nitrogen and oxygen atoms in total. The fraction of sp³-hybridized carbons (Fsp3) is 0.364. The van der Waals surface area contributed by atoms with E-state index in [1.165, 1.54) is 17.4 Å². The smallest absolute Gasteiger partial charge is 0.212 e. The van der Waals surface area contributed by atoms with Crippen LogP contribution in [-0.4, -0.2) is 29.3 Å². The molecule has 2 aromatic rings. The standard InChI is InChI=1S/C11H13FN4S2/c1-7(8-4-5-9(12)13-6-8)17-11-15-14-10(18-11)16(2)3/h4-7H,1-3H3. The summed E-state index contributed by atoms with van der Waals surface area (Å²) in [4.78, 5) is 5.58. The maximum atomic E-state index is 12.7. The fourth-order valence-electron chi connectivity index (χ4n) is 1.28. The van der Waals surface area contributed by atoms with Crippen molar-refractivity contribution < 1.29 is 4.39 Å². The number of hydrogen-bond acceptors (Lipinski definition) is 6. The van der Waals surface area contributed by atoms with Crippen LogP contribution in [0.5, 0.6) is 0 Å². The first-order valence-corrected chi connectivity index (χ1v) is 7.05. The van der Waals surface area contributed by atoms with Crippen LogP contribution < -0.4 is 4.90 Å². The number of thioether (sulfide) groups is 1. The highest BCUT2D eigenvalue weighted by molar-refractivity contribution is 8.01. The zero-order chi connectivity index (χ0) is 13.1. The van der Waals surface area contributed by atoms with Gasteiger partial charge in [-0.1, -0.05) is 29.2 Å². The minimum atomic E-state index is -0.457. The van der Waals surface area contributed by atoms with Gasteiger partial charge in [-0.3, -0.25) is 0 Å². The second kappa shape index (κ2) is 5.62. The second-order valence-corrected chi connectivity index (χ2v) is 6.46. The van der Waals surface area contributed by atoms with E-state index < -0.39 is 5.95 Å². The van der Waals surface area contributed by atoms with E-state index in [1.54, 1.807) is 24.0 Å². The van der Waals surface area contributed by atoms with Crippen LogP contribution in [0.1, 0.15) is 17.7 Å². The van der Waals surface area contributed by atoms with Crippen LogP contribution >= 0.6 is 23.1 Å². The van der Waals surface area contributed by atoms with E-state index in [1.807, 2.05) is 25.9 Å². The highest BCUT2D eigenvalue weighted by atomic mass is 32.2. The van der Waals surface area contributed by atoms with Crippen molar-refractivity contribution in [3.8, 4) is 0 Å². The van der Waals surface area contributed by atoms with Gasteiger partial charge in [-0.15, -0.1) is 10.2 Å². The molecule has 0 spiro atoms. The van der Waals surface area contributed by atoms with Crippen LogP contribution in [0.3, 0.4) is 0 Å². The van der Waals surface area contributed by atoms with Crippen LogP contribution in [0.15, 0.2) is 22.7 Å². The molecule has 0 amide bonds. The molecule has 0 aromatic carbocycles. The number of rotatable bonds is 4. The number of halogens is 1. The first kappa shape index (κ1) is 13.2. The number of nitrogens with zero attached hydrogens (tertiary/aromatic N) is 4. The largest absolute Gasteiger partial charge is 0.353 e. The Labute approximate surface area is 113 Å². The highest BCUT2D eigenvalue weighted by Crippen LogP contribution is 2.37. The molecule has 18 heavy (non-hydrogen) atoms. The van der Waals surface area contributed by atoms with Crippen LogP contribution in [0, 0.1) is 5.95 Å². The third kappa shape index (κ3) is 3.17. The zero-order valence-electron chi connectivity index (χ0n) is 10.3. The Morgan fingerprint density at radius 2 is 2.11 bits per heavy atom. The maximum absolute atomic E-state index is 12.7. The predicted molar refractivity (Wildman–Crippen MR) is 72.7 cm³/mol. The molecule has 2 rings (SSSR count). The van der Waals surface area contributed by atoms with Gasteiger partial charge >= 0.3 is 0 Å². The predicted octanol–water partition coefficient (Wildman–Crippen LogP) is 2.99. The lowest BCUT2D eigenvalue weighted by molar-refractivity contribution is 0.582. The van der Waals surface area contributed by atoms with Crippen molar-refractivity contribution in [2.45, 2.75) is 16.5 Å². The molecule has 1 atom stereocenters. The van der Waals surface area contributed by atoms with E-state index in [-0.39, 0.29) is 5.25 Å². The van der Waals surface area contributed by atoms with Gasteiger partial charge in [-0.2, -0.15) is 4.39 Å². The van der Waals surface area contributed by atoms with Crippen LogP contribution in [0.4, 0.5) is 9.52 Å². The first-order chi connectivity index (χ1) is 8.56. The monoisotopic (exact) mass is 284 g/mol. The Kier molecular flexibility index (Phi) is 4.13. The average Bonchev–Trinajstić information content (AvgIpc) is 2.78. The molecule has 0 aliphatic carbocycles. The fourth-order valence-corrected chi connectivity index (χ4v) is 3.29. The molecule has 0 saturated heterocycles. The molecular formula is C11H13FN4S2. The lowest BCUT2D eigenvalue weighted by Gasteiger charge is -2.08. The first-order valence-electron chi connectivity index (χ1n) is 5.35. The third-order valence-corrected chi connectivity index (χ3v) is 4.61. The molecule has 0 radical (unpaired) electrons. The summed E-state index contributed by atoms with van der Waals surface area (Å²) in [7, 11) is 3.87.